The highest BCUT2D eigenvalue weighted by Gasteiger charge is 2.29. The number of hydrogen-bond acceptors (Lipinski definition) is 4. The van der Waals surface area contributed by atoms with Crippen molar-refractivity contribution in [1.82, 2.24) is 5.32 Å². The summed E-state index contributed by atoms with van der Waals surface area (Å²) < 4.78 is 0. The topological polar surface area (TPSA) is 95.7 Å². The van der Waals surface area contributed by atoms with Gasteiger partial charge in [-0.25, -0.2) is 4.79 Å². The van der Waals surface area contributed by atoms with Gasteiger partial charge >= 0.3 is 5.97 Å². The van der Waals surface area contributed by atoms with Gasteiger partial charge in [-0.2, -0.15) is 0 Å². The predicted molar refractivity (Wildman–Crippen MR) is 77.0 cm³/mol. The van der Waals surface area contributed by atoms with Crippen molar-refractivity contribution in [2.24, 2.45) is 0 Å². The van der Waals surface area contributed by atoms with Crippen LogP contribution in [0.15, 0.2) is 12.1 Å². The largest absolute Gasteiger partial charge is 0.478 e. The minimum atomic E-state index is -1.05. The molecule has 1 atom stereocenters. The van der Waals surface area contributed by atoms with Crippen LogP contribution in [0.4, 0.5) is 11.4 Å². The zero-order valence-corrected chi connectivity index (χ0v) is 11.6. The minimum Gasteiger partial charge on any atom is -0.478 e. The maximum atomic E-state index is 11.9. The van der Waals surface area contributed by atoms with Gasteiger partial charge in [-0.05, 0) is 31.0 Å². The van der Waals surface area contributed by atoms with E-state index in [0.29, 0.717) is 25.1 Å². The molecule has 0 bridgehead atoms. The Kier molecular flexibility index (Phi) is 3.83. The van der Waals surface area contributed by atoms with Crippen molar-refractivity contribution in [3.63, 3.8) is 0 Å². The summed E-state index contributed by atoms with van der Waals surface area (Å²) >= 11 is 0. The molecule has 1 fully saturated rings. The lowest BCUT2D eigenvalue weighted by Crippen LogP contribution is -2.55. The van der Waals surface area contributed by atoms with Gasteiger partial charge in [0.15, 0.2) is 0 Å². The van der Waals surface area contributed by atoms with Gasteiger partial charge in [-0.3, -0.25) is 4.79 Å². The normalized spacial score (nSPS) is 18.8. The van der Waals surface area contributed by atoms with Gasteiger partial charge < -0.3 is 21.1 Å². The Morgan fingerprint density at radius 1 is 1.55 bits per heavy atom. The number of aromatic carboxylic acids is 1. The molecule has 1 saturated heterocycles. The van der Waals surface area contributed by atoms with E-state index in [1.165, 1.54) is 0 Å². The number of hydrogen-bond donors (Lipinski definition) is 3. The number of rotatable bonds is 3. The number of carbonyl (C=O) groups excluding carboxylic acids is 1. The number of amides is 1. The lowest BCUT2D eigenvalue weighted by Gasteiger charge is -2.36. The number of piperazine rings is 1. The summed E-state index contributed by atoms with van der Waals surface area (Å²) in [6.45, 7) is 4.93. The second-order valence-corrected chi connectivity index (χ2v) is 4.94. The van der Waals surface area contributed by atoms with E-state index < -0.39 is 5.97 Å². The van der Waals surface area contributed by atoms with Crippen LogP contribution in [0, 0.1) is 6.92 Å². The Morgan fingerprint density at radius 2 is 2.25 bits per heavy atom. The Bertz CT molecular complexity index is 557. The number of carbonyl (C=O) groups is 2. The van der Waals surface area contributed by atoms with E-state index in [4.69, 9.17) is 5.73 Å². The van der Waals surface area contributed by atoms with E-state index in [-0.39, 0.29) is 23.2 Å². The second kappa shape index (κ2) is 5.40. The number of carboxylic acid groups (broad SMARTS) is 1. The summed E-state index contributed by atoms with van der Waals surface area (Å²) in [5.74, 6) is -1.08. The zero-order valence-electron chi connectivity index (χ0n) is 11.6. The molecule has 1 aliphatic heterocycles. The molecule has 1 aromatic rings. The summed E-state index contributed by atoms with van der Waals surface area (Å²) in [7, 11) is 0. The third-order valence-electron chi connectivity index (χ3n) is 3.65. The van der Waals surface area contributed by atoms with Gasteiger partial charge in [0, 0.05) is 24.5 Å². The smallest absolute Gasteiger partial charge is 0.337 e. The van der Waals surface area contributed by atoms with Crippen LogP contribution in [-0.4, -0.2) is 36.1 Å². The van der Waals surface area contributed by atoms with Crippen LogP contribution >= 0.6 is 0 Å². The van der Waals surface area contributed by atoms with Crippen LogP contribution in [0.2, 0.25) is 0 Å². The predicted octanol–water partition coefficient (Wildman–Crippen LogP) is 0.990. The third-order valence-corrected chi connectivity index (χ3v) is 3.65. The molecule has 1 amide bonds. The van der Waals surface area contributed by atoms with Gasteiger partial charge in [0.05, 0.1) is 5.56 Å². The quantitative estimate of drug-likeness (QED) is 0.716. The monoisotopic (exact) mass is 277 g/mol. The lowest BCUT2D eigenvalue weighted by atomic mass is 10.0. The molecular weight excluding hydrogens is 258 g/mol. The molecule has 20 heavy (non-hydrogen) atoms. The molecule has 2 rings (SSSR count). The Balaban J connectivity index is 2.46. The number of benzene rings is 1. The van der Waals surface area contributed by atoms with Gasteiger partial charge in [0.25, 0.3) is 0 Å². The summed E-state index contributed by atoms with van der Waals surface area (Å²) in [6.07, 6.45) is 0.664. The van der Waals surface area contributed by atoms with E-state index in [1.54, 1.807) is 13.0 Å². The van der Waals surface area contributed by atoms with E-state index in [0.717, 1.165) is 5.69 Å². The number of nitrogens with zero attached hydrogens (tertiary/aromatic N) is 1. The number of nitrogens with two attached hydrogens (primary N) is 1. The summed E-state index contributed by atoms with van der Waals surface area (Å²) in [5, 5.41) is 12.0. The molecule has 0 aliphatic carbocycles. The maximum Gasteiger partial charge on any atom is 0.337 e. The molecule has 108 valence electrons. The van der Waals surface area contributed by atoms with E-state index in [2.05, 4.69) is 5.32 Å². The van der Waals surface area contributed by atoms with Crippen LogP contribution < -0.4 is 16.0 Å². The molecule has 6 nitrogen and oxygen atoms in total. The molecule has 6 heteroatoms. The first-order chi connectivity index (χ1) is 9.45. The fourth-order valence-electron chi connectivity index (χ4n) is 2.55. The highest BCUT2D eigenvalue weighted by Crippen LogP contribution is 2.28. The standard InChI is InChI=1S/C14H19N3O3/c1-3-11-13(18)16-4-5-17(11)9-6-8(2)12(15)10(7-9)14(19)20/h6-7,11H,3-5,15H2,1-2H3,(H,16,18)(H,19,20). The average Bonchev–Trinajstić information content (AvgIpc) is 2.41. The van der Waals surface area contributed by atoms with Crippen LogP contribution in [0.5, 0.6) is 0 Å². The third kappa shape index (κ3) is 2.41. The van der Waals surface area contributed by atoms with Gasteiger partial charge in [0.1, 0.15) is 6.04 Å². The molecule has 4 N–H and O–H groups in total. The van der Waals surface area contributed by atoms with Crippen molar-refractivity contribution in [2.45, 2.75) is 26.3 Å². The first-order valence-electron chi connectivity index (χ1n) is 6.63. The summed E-state index contributed by atoms with van der Waals surface area (Å²) in [6, 6.07) is 3.11. The van der Waals surface area contributed by atoms with Crippen molar-refractivity contribution in [3.05, 3.63) is 23.3 Å². The highest BCUT2D eigenvalue weighted by molar-refractivity contribution is 5.96. The fourth-order valence-corrected chi connectivity index (χ4v) is 2.55. The van der Waals surface area contributed by atoms with Gasteiger partial charge in [-0.15, -0.1) is 0 Å². The minimum absolute atomic E-state index is 0.0231. The van der Waals surface area contributed by atoms with E-state index in [9.17, 15) is 14.7 Å². The van der Waals surface area contributed by atoms with Gasteiger partial charge in [0.2, 0.25) is 5.91 Å². The van der Waals surface area contributed by atoms with Crippen LogP contribution in [0.3, 0.4) is 0 Å². The number of nitrogens with one attached hydrogen (secondary N) is 1. The molecule has 1 aromatic carbocycles. The zero-order chi connectivity index (χ0) is 14.9. The number of anilines is 2. The van der Waals surface area contributed by atoms with Crippen molar-refractivity contribution in [1.29, 1.82) is 0 Å². The first kappa shape index (κ1) is 14.2. The molecule has 0 aromatic heterocycles. The molecule has 1 unspecified atom stereocenters. The Morgan fingerprint density at radius 3 is 2.85 bits per heavy atom. The van der Waals surface area contributed by atoms with Crippen LogP contribution in [0.25, 0.3) is 0 Å². The van der Waals surface area contributed by atoms with Crippen LogP contribution in [0.1, 0.15) is 29.3 Å². The van der Waals surface area contributed by atoms with E-state index >= 15 is 0 Å². The average molecular weight is 277 g/mol. The molecular formula is C14H19N3O3. The van der Waals surface area contributed by atoms with Gasteiger partial charge in [-0.1, -0.05) is 6.92 Å². The number of aryl methyl sites for hydroxylation is 1. The SMILES string of the molecule is CCC1C(=O)NCCN1c1cc(C)c(N)c(C(=O)O)c1. The molecule has 1 aliphatic rings. The Labute approximate surface area is 117 Å². The molecule has 0 saturated carbocycles. The highest BCUT2D eigenvalue weighted by atomic mass is 16.4. The molecule has 0 radical (unpaired) electrons. The molecule has 0 spiro atoms. The fraction of sp³-hybridized carbons (Fsp3) is 0.429. The van der Waals surface area contributed by atoms with Crippen molar-refractivity contribution in [2.75, 3.05) is 23.7 Å². The van der Waals surface area contributed by atoms with E-state index in [1.807, 2.05) is 17.9 Å². The summed E-state index contributed by atoms with van der Waals surface area (Å²) in [5.41, 5.74) is 7.60. The number of nitrogen functional groups attached to an aromatic ring is 1. The van der Waals surface area contributed by atoms with Crippen molar-refractivity contribution >= 4 is 23.3 Å². The van der Waals surface area contributed by atoms with Crippen molar-refractivity contribution in [3.8, 4) is 0 Å². The number of carboxylic acids is 1. The first-order valence-corrected chi connectivity index (χ1v) is 6.63. The summed E-state index contributed by atoms with van der Waals surface area (Å²) in [4.78, 5) is 25.1. The van der Waals surface area contributed by atoms with Crippen LogP contribution in [-0.2, 0) is 4.79 Å². The maximum absolute atomic E-state index is 11.9. The Hall–Kier alpha value is -2.24. The van der Waals surface area contributed by atoms with Crippen molar-refractivity contribution < 1.29 is 14.7 Å². The second-order valence-electron chi connectivity index (χ2n) is 4.94. The lowest BCUT2D eigenvalue weighted by molar-refractivity contribution is -0.123. The molecule has 1 heterocycles.